The number of benzene rings is 1. The molecule has 0 bridgehead atoms. The van der Waals surface area contributed by atoms with Crippen LogP contribution in [0.4, 0.5) is 8.78 Å². The van der Waals surface area contributed by atoms with Gasteiger partial charge in [-0.2, -0.15) is 4.31 Å². The van der Waals surface area contributed by atoms with Crippen molar-refractivity contribution >= 4 is 15.9 Å². The van der Waals surface area contributed by atoms with Gasteiger partial charge in [0, 0.05) is 26.2 Å². The molecule has 0 aromatic heterocycles. The Labute approximate surface area is 123 Å². The third-order valence-corrected chi connectivity index (χ3v) is 4.89. The highest BCUT2D eigenvalue weighted by Gasteiger charge is 2.27. The number of hydrogen-bond acceptors (Lipinski definition) is 3. The number of amides is 1. The molecule has 0 aliphatic carbocycles. The highest BCUT2D eigenvalue weighted by Crippen LogP contribution is 2.19. The second-order valence-corrected chi connectivity index (χ2v) is 6.42. The average molecular weight is 320 g/mol. The molecule has 1 amide bonds. The van der Waals surface area contributed by atoms with Crippen LogP contribution in [0.25, 0.3) is 0 Å². The summed E-state index contributed by atoms with van der Waals surface area (Å²) in [5.74, 6) is -2.43. The van der Waals surface area contributed by atoms with Crippen LogP contribution < -0.4 is 0 Å². The summed E-state index contributed by atoms with van der Waals surface area (Å²) in [6.07, 6.45) is 0. The minimum atomic E-state index is -4.19. The second-order valence-electron chi connectivity index (χ2n) is 4.40. The van der Waals surface area contributed by atoms with Crippen LogP contribution in [0.5, 0.6) is 0 Å². The molecule has 0 aliphatic heterocycles. The van der Waals surface area contributed by atoms with E-state index in [9.17, 15) is 22.0 Å². The van der Waals surface area contributed by atoms with Crippen molar-refractivity contribution in [2.45, 2.75) is 18.7 Å². The molecule has 21 heavy (non-hydrogen) atoms. The average Bonchev–Trinajstić information content (AvgIpc) is 2.39. The van der Waals surface area contributed by atoms with Crippen LogP contribution in [-0.4, -0.2) is 50.2 Å². The van der Waals surface area contributed by atoms with Crippen LogP contribution in [0.3, 0.4) is 0 Å². The van der Waals surface area contributed by atoms with E-state index in [4.69, 9.17) is 0 Å². The Hall–Kier alpha value is -1.54. The van der Waals surface area contributed by atoms with E-state index in [0.717, 1.165) is 16.4 Å². The van der Waals surface area contributed by atoms with Crippen LogP contribution in [0.1, 0.15) is 13.8 Å². The highest BCUT2D eigenvalue weighted by atomic mass is 32.2. The molecule has 1 rings (SSSR count). The van der Waals surface area contributed by atoms with Crippen LogP contribution >= 0.6 is 0 Å². The summed E-state index contributed by atoms with van der Waals surface area (Å²) in [5, 5.41) is 0. The van der Waals surface area contributed by atoms with E-state index in [0.29, 0.717) is 19.2 Å². The quantitative estimate of drug-likeness (QED) is 0.797. The summed E-state index contributed by atoms with van der Waals surface area (Å²) in [6.45, 7) is 4.05. The maximum absolute atomic E-state index is 13.6. The van der Waals surface area contributed by atoms with Gasteiger partial charge in [0.05, 0.1) is 6.54 Å². The van der Waals surface area contributed by atoms with Gasteiger partial charge in [0.2, 0.25) is 15.9 Å². The van der Waals surface area contributed by atoms with Crippen molar-refractivity contribution in [1.29, 1.82) is 0 Å². The largest absolute Gasteiger partial charge is 0.342 e. The van der Waals surface area contributed by atoms with Gasteiger partial charge in [-0.25, -0.2) is 17.2 Å². The lowest BCUT2D eigenvalue weighted by molar-refractivity contribution is -0.130. The van der Waals surface area contributed by atoms with Crippen molar-refractivity contribution in [3.63, 3.8) is 0 Å². The summed E-state index contributed by atoms with van der Waals surface area (Å²) in [4.78, 5) is 12.7. The molecule has 0 atom stereocenters. The predicted octanol–water partition coefficient (Wildman–Crippen LogP) is 1.45. The molecule has 0 radical (unpaired) electrons. The molecular weight excluding hydrogens is 302 g/mol. The molecule has 0 unspecified atom stereocenters. The summed E-state index contributed by atoms with van der Waals surface area (Å²) in [6, 6.07) is 2.20. The van der Waals surface area contributed by atoms with Gasteiger partial charge in [0.25, 0.3) is 0 Å². The van der Waals surface area contributed by atoms with Gasteiger partial charge in [-0.1, -0.05) is 0 Å². The lowest BCUT2D eigenvalue weighted by Gasteiger charge is -2.23. The molecule has 0 aliphatic rings. The molecule has 0 saturated carbocycles. The summed E-state index contributed by atoms with van der Waals surface area (Å²) in [5.41, 5.74) is 0. The van der Waals surface area contributed by atoms with Crippen LogP contribution in [0.15, 0.2) is 23.1 Å². The van der Waals surface area contributed by atoms with Gasteiger partial charge < -0.3 is 4.90 Å². The Morgan fingerprint density at radius 2 is 1.76 bits per heavy atom. The number of nitrogens with zero attached hydrogens (tertiary/aromatic N) is 2. The first-order valence-corrected chi connectivity index (χ1v) is 7.87. The second kappa shape index (κ2) is 6.95. The van der Waals surface area contributed by atoms with Gasteiger partial charge in [0.1, 0.15) is 16.5 Å². The van der Waals surface area contributed by atoms with Crippen LogP contribution in [-0.2, 0) is 14.8 Å². The third kappa shape index (κ3) is 3.98. The van der Waals surface area contributed by atoms with Crippen molar-refractivity contribution < 1.29 is 22.0 Å². The van der Waals surface area contributed by atoms with E-state index in [1.807, 2.05) is 0 Å². The van der Waals surface area contributed by atoms with Crippen molar-refractivity contribution in [2.75, 3.05) is 26.7 Å². The molecular formula is C13H18F2N2O3S. The van der Waals surface area contributed by atoms with E-state index >= 15 is 0 Å². The molecule has 1 aromatic carbocycles. The summed E-state index contributed by atoms with van der Waals surface area (Å²) >= 11 is 0. The molecule has 1 aromatic rings. The Bertz CT molecular complexity index is 616. The Morgan fingerprint density at radius 3 is 2.24 bits per heavy atom. The van der Waals surface area contributed by atoms with Gasteiger partial charge in [0.15, 0.2) is 0 Å². The number of halogens is 2. The maximum atomic E-state index is 13.6. The zero-order chi connectivity index (χ0) is 16.2. The fourth-order valence-corrected chi connectivity index (χ4v) is 2.97. The highest BCUT2D eigenvalue weighted by molar-refractivity contribution is 7.89. The zero-order valence-electron chi connectivity index (χ0n) is 12.1. The van der Waals surface area contributed by atoms with Crippen LogP contribution in [0, 0.1) is 11.6 Å². The molecule has 118 valence electrons. The Kier molecular flexibility index (Phi) is 5.79. The SMILES string of the molecule is CCN(CC)C(=O)CN(C)S(=O)(=O)c1ccc(F)cc1F. The van der Waals surface area contributed by atoms with Crippen molar-refractivity contribution in [1.82, 2.24) is 9.21 Å². The topological polar surface area (TPSA) is 57.7 Å². The minimum Gasteiger partial charge on any atom is -0.342 e. The number of sulfonamides is 1. The lowest BCUT2D eigenvalue weighted by Crippen LogP contribution is -2.41. The molecule has 0 fully saturated rings. The van der Waals surface area contributed by atoms with Gasteiger partial charge in [-0.15, -0.1) is 0 Å². The smallest absolute Gasteiger partial charge is 0.246 e. The predicted molar refractivity (Wildman–Crippen MR) is 74.1 cm³/mol. The first-order chi connectivity index (χ1) is 9.73. The maximum Gasteiger partial charge on any atom is 0.246 e. The zero-order valence-corrected chi connectivity index (χ0v) is 13.0. The summed E-state index contributed by atoms with van der Waals surface area (Å²) in [7, 11) is -3.01. The van der Waals surface area contributed by atoms with Gasteiger partial charge >= 0.3 is 0 Å². The Morgan fingerprint density at radius 1 is 1.19 bits per heavy atom. The molecule has 0 N–H and O–H groups in total. The number of rotatable bonds is 6. The fourth-order valence-electron chi connectivity index (χ4n) is 1.80. The van der Waals surface area contributed by atoms with Gasteiger partial charge in [-0.05, 0) is 26.0 Å². The van der Waals surface area contributed by atoms with Crippen LogP contribution in [0.2, 0.25) is 0 Å². The third-order valence-electron chi connectivity index (χ3n) is 3.06. The molecule has 0 spiro atoms. The van der Waals surface area contributed by atoms with Crippen molar-refractivity contribution in [3.8, 4) is 0 Å². The van der Waals surface area contributed by atoms with E-state index in [-0.39, 0.29) is 5.91 Å². The number of carbonyl (C=O) groups excluding carboxylic acids is 1. The summed E-state index contributed by atoms with van der Waals surface area (Å²) < 4.78 is 51.6. The minimum absolute atomic E-state index is 0.381. The molecule has 0 saturated heterocycles. The van der Waals surface area contributed by atoms with Crippen molar-refractivity contribution in [3.05, 3.63) is 29.8 Å². The first kappa shape index (κ1) is 17.5. The molecule has 5 nitrogen and oxygen atoms in total. The number of likely N-dealkylation sites (N-methyl/N-ethyl adjacent to an activating group) is 2. The van der Waals surface area contributed by atoms with E-state index in [1.165, 1.54) is 11.9 Å². The first-order valence-electron chi connectivity index (χ1n) is 6.43. The number of carbonyl (C=O) groups is 1. The van der Waals surface area contributed by atoms with Crippen molar-refractivity contribution in [2.24, 2.45) is 0 Å². The standard InChI is InChI=1S/C13H18F2N2O3S/c1-4-17(5-2)13(18)9-16(3)21(19,20)12-7-6-10(14)8-11(12)15/h6-8H,4-5,9H2,1-3H3. The molecule has 0 heterocycles. The molecule has 8 heteroatoms. The monoisotopic (exact) mass is 320 g/mol. The fraction of sp³-hybridized carbons (Fsp3) is 0.462. The van der Waals surface area contributed by atoms with Gasteiger partial charge in [-0.3, -0.25) is 4.79 Å². The van der Waals surface area contributed by atoms with E-state index in [1.54, 1.807) is 13.8 Å². The normalized spacial score (nSPS) is 11.7. The lowest BCUT2D eigenvalue weighted by atomic mass is 10.3. The number of hydrogen-bond donors (Lipinski definition) is 0. The van der Waals surface area contributed by atoms with E-state index < -0.39 is 33.1 Å². The Balaban J connectivity index is 2.99. The van der Waals surface area contributed by atoms with E-state index in [2.05, 4.69) is 0 Å².